The molecule has 0 aliphatic carbocycles. The van der Waals surface area contributed by atoms with Gasteiger partial charge >= 0.3 is 0 Å². The lowest BCUT2D eigenvalue weighted by Gasteiger charge is -2.25. The highest BCUT2D eigenvalue weighted by Crippen LogP contribution is 2.18. The zero-order valence-corrected chi connectivity index (χ0v) is 17.5. The minimum absolute atomic E-state index is 0.00685. The van der Waals surface area contributed by atoms with E-state index in [-0.39, 0.29) is 24.2 Å². The molecule has 0 saturated carbocycles. The molecule has 3 aromatic heterocycles. The smallest absolute Gasteiger partial charge is 0.276 e. The van der Waals surface area contributed by atoms with Gasteiger partial charge in [0.25, 0.3) is 5.91 Å². The summed E-state index contributed by atoms with van der Waals surface area (Å²) in [6.45, 7) is 4.52. The minimum atomic E-state index is -0.203. The molecular formula is C21H23N7O3. The van der Waals surface area contributed by atoms with E-state index < -0.39 is 0 Å². The largest absolute Gasteiger partial charge is 0.486 e. The number of amides is 1. The fourth-order valence-electron chi connectivity index (χ4n) is 3.06. The molecule has 0 bridgehead atoms. The second-order valence-electron chi connectivity index (χ2n) is 7.35. The molecule has 1 amide bonds. The predicted molar refractivity (Wildman–Crippen MR) is 110 cm³/mol. The van der Waals surface area contributed by atoms with Gasteiger partial charge in [-0.3, -0.25) is 9.48 Å². The number of hydrogen-bond acceptors (Lipinski definition) is 7. The maximum atomic E-state index is 13.0. The summed E-state index contributed by atoms with van der Waals surface area (Å²) in [5.41, 5.74) is 2.07. The van der Waals surface area contributed by atoms with E-state index in [9.17, 15) is 4.79 Å². The zero-order valence-electron chi connectivity index (χ0n) is 17.5. The van der Waals surface area contributed by atoms with E-state index in [4.69, 9.17) is 9.26 Å². The Morgan fingerprint density at radius 3 is 2.68 bits per heavy atom. The Morgan fingerprint density at radius 2 is 2.03 bits per heavy atom. The van der Waals surface area contributed by atoms with Gasteiger partial charge in [-0.25, -0.2) is 9.67 Å². The van der Waals surface area contributed by atoms with Crippen LogP contribution in [0.25, 0.3) is 5.69 Å². The van der Waals surface area contributed by atoms with E-state index in [1.54, 1.807) is 32.9 Å². The summed E-state index contributed by atoms with van der Waals surface area (Å²) < 4.78 is 14.4. The molecule has 10 nitrogen and oxygen atoms in total. The maximum Gasteiger partial charge on any atom is 0.276 e. The molecule has 10 heteroatoms. The molecule has 0 N–H and O–H groups in total. The molecule has 0 aliphatic heterocycles. The molecule has 3 heterocycles. The van der Waals surface area contributed by atoms with Crippen molar-refractivity contribution in [3.8, 4) is 11.4 Å². The summed E-state index contributed by atoms with van der Waals surface area (Å²) in [5.74, 6) is 0.924. The highest BCUT2D eigenvalue weighted by Gasteiger charge is 2.23. The quantitative estimate of drug-likeness (QED) is 0.431. The number of benzene rings is 1. The number of aryl methyl sites for hydroxylation is 1. The molecule has 1 aromatic carbocycles. The van der Waals surface area contributed by atoms with Crippen LogP contribution in [-0.2, 0) is 20.2 Å². The van der Waals surface area contributed by atoms with Gasteiger partial charge in [0, 0.05) is 37.5 Å². The molecule has 4 rings (SSSR count). The first-order chi connectivity index (χ1) is 15.0. The Balaban J connectivity index is 1.38. The molecular weight excluding hydrogens is 398 g/mol. The van der Waals surface area contributed by atoms with Gasteiger partial charge in [0.1, 0.15) is 25.0 Å². The summed E-state index contributed by atoms with van der Waals surface area (Å²) in [6, 6.07) is 9.01. The molecule has 0 aliphatic rings. The molecule has 31 heavy (non-hydrogen) atoms. The fraction of sp³-hybridized carbons (Fsp3) is 0.286. The predicted octanol–water partition coefficient (Wildman–Crippen LogP) is 2.62. The maximum absolute atomic E-state index is 13.0. The van der Waals surface area contributed by atoms with Crippen molar-refractivity contribution < 1.29 is 14.1 Å². The molecule has 0 saturated heterocycles. The molecule has 0 atom stereocenters. The second kappa shape index (κ2) is 8.82. The number of carbonyl (C=O) groups excluding carboxylic acids is 1. The van der Waals surface area contributed by atoms with Crippen molar-refractivity contribution in [1.82, 2.24) is 34.6 Å². The Bertz CT molecular complexity index is 1130. The van der Waals surface area contributed by atoms with Gasteiger partial charge in [-0.15, -0.1) is 0 Å². The van der Waals surface area contributed by atoms with Crippen LogP contribution in [0.15, 0.2) is 59.9 Å². The van der Waals surface area contributed by atoms with Crippen molar-refractivity contribution >= 4 is 5.91 Å². The number of carbonyl (C=O) groups is 1. The second-order valence-corrected chi connectivity index (χ2v) is 7.35. The Morgan fingerprint density at radius 1 is 1.23 bits per heavy atom. The monoisotopic (exact) mass is 421 g/mol. The van der Waals surface area contributed by atoms with Crippen molar-refractivity contribution in [2.75, 3.05) is 0 Å². The normalized spacial score (nSPS) is 11.1. The summed E-state index contributed by atoms with van der Waals surface area (Å²) in [4.78, 5) is 18.6. The van der Waals surface area contributed by atoms with Crippen LogP contribution in [0, 0.1) is 0 Å². The molecule has 0 fully saturated rings. The van der Waals surface area contributed by atoms with Crippen LogP contribution < -0.4 is 4.74 Å². The van der Waals surface area contributed by atoms with Crippen LogP contribution in [0.1, 0.15) is 35.7 Å². The van der Waals surface area contributed by atoms with E-state index in [1.807, 2.05) is 51.4 Å². The first-order valence-corrected chi connectivity index (χ1v) is 9.81. The third-order valence-corrected chi connectivity index (χ3v) is 4.67. The topological polar surface area (TPSA) is 104 Å². The van der Waals surface area contributed by atoms with E-state index >= 15 is 0 Å². The van der Waals surface area contributed by atoms with Gasteiger partial charge in [0.2, 0.25) is 0 Å². The third-order valence-electron chi connectivity index (χ3n) is 4.67. The van der Waals surface area contributed by atoms with Crippen LogP contribution >= 0.6 is 0 Å². The number of hydrogen-bond donors (Lipinski definition) is 0. The number of aromatic nitrogens is 6. The standard InChI is InChI=1S/C21H23N7O3/c1-15(2)27(11-16-9-23-26(3)10-16)21(29)20-8-19(31-25-20)12-30-18-6-4-17(5-7-18)28-14-22-13-24-28/h4-10,13-15H,11-12H2,1-3H3. The lowest BCUT2D eigenvalue weighted by molar-refractivity contribution is 0.0679. The Kier molecular flexibility index (Phi) is 5.78. The van der Waals surface area contributed by atoms with Crippen molar-refractivity contribution in [3.05, 3.63) is 72.4 Å². The highest BCUT2D eigenvalue weighted by atomic mass is 16.5. The van der Waals surface area contributed by atoms with Crippen LogP contribution in [0.5, 0.6) is 5.75 Å². The van der Waals surface area contributed by atoms with Crippen molar-refractivity contribution in [3.63, 3.8) is 0 Å². The molecule has 0 unspecified atom stereocenters. The summed E-state index contributed by atoms with van der Waals surface area (Å²) in [6.07, 6.45) is 6.74. The number of nitrogens with zero attached hydrogens (tertiary/aromatic N) is 7. The van der Waals surface area contributed by atoms with Crippen LogP contribution in [-0.4, -0.2) is 46.6 Å². The molecule has 0 radical (unpaired) electrons. The lowest BCUT2D eigenvalue weighted by atomic mass is 10.2. The molecule has 0 spiro atoms. The first kappa shape index (κ1) is 20.3. The lowest BCUT2D eigenvalue weighted by Crippen LogP contribution is -2.36. The molecule has 4 aromatic rings. The van der Waals surface area contributed by atoms with E-state index in [2.05, 4.69) is 20.3 Å². The highest BCUT2D eigenvalue weighted by molar-refractivity contribution is 5.92. The van der Waals surface area contributed by atoms with E-state index in [1.165, 1.54) is 6.33 Å². The zero-order chi connectivity index (χ0) is 21.8. The van der Waals surface area contributed by atoms with E-state index in [0.717, 1.165) is 11.3 Å². The van der Waals surface area contributed by atoms with Gasteiger partial charge in [-0.05, 0) is 38.1 Å². The van der Waals surface area contributed by atoms with Crippen molar-refractivity contribution in [2.45, 2.75) is 33.0 Å². The van der Waals surface area contributed by atoms with Crippen LogP contribution in [0.4, 0.5) is 0 Å². The van der Waals surface area contributed by atoms with Gasteiger partial charge in [0.15, 0.2) is 11.5 Å². The summed E-state index contributed by atoms with van der Waals surface area (Å²) in [7, 11) is 1.84. The van der Waals surface area contributed by atoms with Gasteiger partial charge in [0.05, 0.1) is 11.9 Å². The minimum Gasteiger partial charge on any atom is -0.486 e. The average Bonchev–Trinajstić information content (AvgIpc) is 3.52. The number of rotatable bonds is 8. The van der Waals surface area contributed by atoms with E-state index in [0.29, 0.717) is 18.1 Å². The fourth-order valence-corrected chi connectivity index (χ4v) is 3.06. The Hall–Kier alpha value is -3.95. The first-order valence-electron chi connectivity index (χ1n) is 9.81. The van der Waals surface area contributed by atoms with Crippen LogP contribution in [0.3, 0.4) is 0 Å². The van der Waals surface area contributed by atoms with Crippen molar-refractivity contribution in [1.29, 1.82) is 0 Å². The average molecular weight is 421 g/mol. The third kappa shape index (κ3) is 4.80. The summed E-state index contributed by atoms with van der Waals surface area (Å²) in [5, 5.41) is 12.2. The van der Waals surface area contributed by atoms with Gasteiger partial charge in [-0.1, -0.05) is 5.16 Å². The van der Waals surface area contributed by atoms with Gasteiger partial charge < -0.3 is 14.2 Å². The van der Waals surface area contributed by atoms with Crippen molar-refractivity contribution in [2.24, 2.45) is 7.05 Å². The number of ether oxygens (including phenoxy) is 1. The van der Waals surface area contributed by atoms with Crippen LogP contribution in [0.2, 0.25) is 0 Å². The summed E-state index contributed by atoms with van der Waals surface area (Å²) >= 11 is 0. The Labute approximate surface area is 179 Å². The SMILES string of the molecule is CC(C)N(Cc1cnn(C)c1)C(=O)c1cc(COc2ccc(-n3cncn3)cc2)on1. The van der Waals surface area contributed by atoms with Gasteiger partial charge in [-0.2, -0.15) is 10.2 Å². The molecule has 160 valence electrons.